The highest BCUT2D eigenvalue weighted by Crippen LogP contribution is 2.29. The molecule has 0 spiro atoms. The summed E-state index contributed by atoms with van der Waals surface area (Å²) in [5.41, 5.74) is 2.10. The van der Waals surface area contributed by atoms with Crippen LogP contribution in [0.5, 0.6) is 5.75 Å². The van der Waals surface area contributed by atoms with Crippen molar-refractivity contribution in [3.63, 3.8) is 0 Å². The lowest BCUT2D eigenvalue weighted by molar-refractivity contribution is 0.303. The van der Waals surface area contributed by atoms with Crippen LogP contribution in [0.3, 0.4) is 0 Å². The Balaban J connectivity index is 1.92. The molecule has 3 nitrogen and oxygen atoms in total. The van der Waals surface area contributed by atoms with Crippen molar-refractivity contribution in [2.75, 3.05) is 0 Å². The summed E-state index contributed by atoms with van der Waals surface area (Å²) in [7, 11) is 0. The van der Waals surface area contributed by atoms with E-state index in [1.165, 1.54) is 12.8 Å². The lowest BCUT2D eigenvalue weighted by Crippen LogP contribution is -1.98. The van der Waals surface area contributed by atoms with Gasteiger partial charge in [-0.05, 0) is 37.5 Å². The van der Waals surface area contributed by atoms with E-state index in [9.17, 15) is 0 Å². The number of nitrogens with one attached hydrogen (secondary N) is 1. The van der Waals surface area contributed by atoms with Crippen LogP contribution < -0.4 is 4.74 Å². The SMILES string of the molecule is CCCc1nc(=S)cc(-c2cccc(OC3CC3)c2)[nH]1. The topological polar surface area (TPSA) is 37.9 Å². The molecule has 3 rings (SSSR count). The third-order valence-electron chi connectivity index (χ3n) is 3.25. The number of nitrogens with zero attached hydrogens (tertiary/aromatic N) is 1. The first-order valence-electron chi connectivity index (χ1n) is 7.12. The van der Waals surface area contributed by atoms with Gasteiger partial charge in [0.1, 0.15) is 16.2 Å². The Morgan fingerprint density at radius 3 is 2.95 bits per heavy atom. The second kappa shape index (κ2) is 5.75. The lowest BCUT2D eigenvalue weighted by atomic mass is 10.1. The van der Waals surface area contributed by atoms with E-state index < -0.39 is 0 Å². The minimum atomic E-state index is 0.414. The number of aryl methyl sites for hydroxylation is 1. The highest BCUT2D eigenvalue weighted by Gasteiger charge is 2.23. The molecule has 1 aliphatic rings. The van der Waals surface area contributed by atoms with Crippen molar-refractivity contribution >= 4 is 12.2 Å². The Labute approximate surface area is 124 Å². The molecule has 0 radical (unpaired) electrons. The average molecular weight is 286 g/mol. The molecule has 1 N–H and O–H groups in total. The molecule has 1 saturated carbocycles. The molecule has 0 atom stereocenters. The number of H-pyrrole nitrogens is 1. The van der Waals surface area contributed by atoms with Gasteiger partial charge in [0, 0.05) is 17.7 Å². The van der Waals surface area contributed by atoms with E-state index in [1.807, 2.05) is 18.2 Å². The summed E-state index contributed by atoms with van der Waals surface area (Å²) in [6.45, 7) is 2.13. The number of aromatic nitrogens is 2. The van der Waals surface area contributed by atoms with E-state index >= 15 is 0 Å². The van der Waals surface area contributed by atoms with Crippen LogP contribution in [-0.2, 0) is 6.42 Å². The van der Waals surface area contributed by atoms with Gasteiger partial charge in [-0.15, -0.1) is 0 Å². The minimum absolute atomic E-state index is 0.414. The van der Waals surface area contributed by atoms with E-state index in [2.05, 4.69) is 29.0 Å². The van der Waals surface area contributed by atoms with Gasteiger partial charge >= 0.3 is 0 Å². The molecular weight excluding hydrogens is 268 g/mol. The maximum Gasteiger partial charge on any atom is 0.130 e. The molecule has 4 heteroatoms. The van der Waals surface area contributed by atoms with Crippen molar-refractivity contribution < 1.29 is 4.74 Å². The monoisotopic (exact) mass is 286 g/mol. The molecule has 104 valence electrons. The van der Waals surface area contributed by atoms with Gasteiger partial charge in [-0.2, -0.15) is 0 Å². The van der Waals surface area contributed by atoms with Crippen molar-refractivity contribution in [1.29, 1.82) is 0 Å². The molecule has 1 aliphatic carbocycles. The number of benzene rings is 1. The number of aromatic amines is 1. The zero-order chi connectivity index (χ0) is 13.9. The maximum atomic E-state index is 5.84. The van der Waals surface area contributed by atoms with Crippen LogP contribution in [0.2, 0.25) is 0 Å². The molecule has 1 heterocycles. The lowest BCUT2D eigenvalue weighted by Gasteiger charge is -2.08. The summed E-state index contributed by atoms with van der Waals surface area (Å²) in [5, 5.41) is 0. The second-order valence-corrected chi connectivity index (χ2v) is 5.59. The zero-order valence-corrected chi connectivity index (χ0v) is 12.4. The molecular formula is C16H18N2OS. The quantitative estimate of drug-likeness (QED) is 0.833. The van der Waals surface area contributed by atoms with Gasteiger partial charge in [0.2, 0.25) is 0 Å². The Morgan fingerprint density at radius 2 is 2.20 bits per heavy atom. The number of ether oxygens (including phenoxy) is 1. The Bertz CT molecular complexity index is 662. The van der Waals surface area contributed by atoms with Crippen molar-refractivity contribution in [1.82, 2.24) is 9.97 Å². The smallest absolute Gasteiger partial charge is 0.130 e. The highest BCUT2D eigenvalue weighted by atomic mass is 32.1. The number of rotatable bonds is 5. The summed E-state index contributed by atoms with van der Waals surface area (Å²) >= 11 is 5.25. The summed E-state index contributed by atoms with van der Waals surface area (Å²) in [5.74, 6) is 1.88. The molecule has 20 heavy (non-hydrogen) atoms. The molecule has 0 amide bonds. The standard InChI is InChI=1S/C16H18N2OS/c1-2-4-15-17-14(10-16(20)18-15)11-5-3-6-13(9-11)19-12-7-8-12/h3,5-6,9-10,12H,2,4,7-8H2,1H3,(H,17,18,20). The largest absolute Gasteiger partial charge is 0.490 e. The molecule has 2 aromatic rings. The summed E-state index contributed by atoms with van der Waals surface area (Å²) in [6.07, 6.45) is 4.71. The fourth-order valence-electron chi connectivity index (χ4n) is 2.13. The van der Waals surface area contributed by atoms with Gasteiger partial charge in [0.25, 0.3) is 0 Å². The predicted molar refractivity (Wildman–Crippen MR) is 82.5 cm³/mol. The average Bonchev–Trinajstić information content (AvgIpc) is 3.23. The maximum absolute atomic E-state index is 5.84. The van der Waals surface area contributed by atoms with Crippen molar-refractivity contribution in [3.8, 4) is 17.0 Å². The van der Waals surface area contributed by atoms with Gasteiger partial charge in [-0.3, -0.25) is 0 Å². The van der Waals surface area contributed by atoms with E-state index in [4.69, 9.17) is 17.0 Å². The second-order valence-electron chi connectivity index (χ2n) is 5.17. The molecule has 1 aromatic carbocycles. The van der Waals surface area contributed by atoms with E-state index in [1.54, 1.807) is 0 Å². The molecule has 0 unspecified atom stereocenters. The molecule has 0 saturated heterocycles. The Kier molecular flexibility index (Phi) is 3.83. The molecule has 1 aromatic heterocycles. The fourth-order valence-corrected chi connectivity index (χ4v) is 2.36. The third-order valence-corrected chi connectivity index (χ3v) is 3.46. The predicted octanol–water partition coefficient (Wildman–Crippen LogP) is 4.30. The van der Waals surface area contributed by atoms with Crippen molar-refractivity contribution in [2.45, 2.75) is 38.7 Å². The number of hydrogen-bond acceptors (Lipinski definition) is 3. The Hall–Kier alpha value is -1.68. The van der Waals surface area contributed by atoms with Gasteiger partial charge in [-0.1, -0.05) is 31.3 Å². The normalized spacial score (nSPS) is 14.2. The van der Waals surface area contributed by atoms with Gasteiger partial charge < -0.3 is 9.72 Å². The van der Waals surface area contributed by atoms with Crippen LogP contribution in [0.1, 0.15) is 32.0 Å². The van der Waals surface area contributed by atoms with Crippen LogP contribution in [0.25, 0.3) is 11.3 Å². The number of hydrogen-bond donors (Lipinski definition) is 1. The van der Waals surface area contributed by atoms with Crippen molar-refractivity contribution in [3.05, 3.63) is 40.8 Å². The van der Waals surface area contributed by atoms with E-state index in [0.717, 1.165) is 35.7 Å². The first-order valence-corrected chi connectivity index (χ1v) is 7.53. The highest BCUT2D eigenvalue weighted by molar-refractivity contribution is 7.71. The summed E-state index contributed by atoms with van der Waals surface area (Å²) < 4.78 is 6.47. The van der Waals surface area contributed by atoms with E-state index in [-0.39, 0.29) is 0 Å². The fraction of sp³-hybridized carbons (Fsp3) is 0.375. The third kappa shape index (κ3) is 3.25. The van der Waals surface area contributed by atoms with Gasteiger partial charge in [0.15, 0.2) is 0 Å². The Morgan fingerprint density at radius 1 is 1.35 bits per heavy atom. The van der Waals surface area contributed by atoms with Gasteiger partial charge in [0.05, 0.1) is 6.10 Å². The first-order chi connectivity index (χ1) is 9.74. The summed E-state index contributed by atoms with van der Waals surface area (Å²) in [6, 6.07) is 10.1. The van der Waals surface area contributed by atoms with Crippen LogP contribution >= 0.6 is 12.2 Å². The van der Waals surface area contributed by atoms with Gasteiger partial charge in [-0.25, -0.2) is 4.98 Å². The first kappa shape index (κ1) is 13.3. The van der Waals surface area contributed by atoms with Crippen LogP contribution in [0.15, 0.2) is 30.3 Å². The molecule has 1 fully saturated rings. The van der Waals surface area contributed by atoms with Crippen LogP contribution in [0, 0.1) is 4.64 Å². The molecule has 0 aliphatic heterocycles. The zero-order valence-electron chi connectivity index (χ0n) is 11.6. The molecule has 0 bridgehead atoms. The van der Waals surface area contributed by atoms with Crippen molar-refractivity contribution in [2.24, 2.45) is 0 Å². The summed E-state index contributed by atoms with van der Waals surface area (Å²) in [4.78, 5) is 7.72. The minimum Gasteiger partial charge on any atom is -0.490 e. The van der Waals surface area contributed by atoms with Crippen LogP contribution in [-0.4, -0.2) is 16.1 Å². The van der Waals surface area contributed by atoms with E-state index in [0.29, 0.717) is 10.7 Å². The van der Waals surface area contributed by atoms with Crippen LogP contribution in [0.4, 0.5) is 0 Å².